The fraction of sp³-hybridized carbons (Fsp3) is 0. The van der Waals surface area contributed by atoms with E-state index in [4.69, 9.17) is 23.1 Å². The van der Waals surface area contributed by atoms with E-state index in [1.165, 1.54) is 23.3 Å². The molecule has 0 aliphatic carbocycles. The molecule has 0 radical (unpaired) electrons. The molecule has 0 atom stereocenters. The second-order valence-corrected chi connectivity index (χ2v) is 3.28. The first-order valence-corrected chi connectivity index (χ1v) is 4.59. The van der Waals surface area contributed by atoms with E-state index in [-0.39, 0.29) is 16.5 Å². The molecule has 0 aromatic carbocycles. The maximum atomic E-state index is 10.9. The molecular weight excluding hydrogens is 232 g/mol. The Morgan fingerprint density at radius 3 is 2.81 bits per heavy atom. The van der Waals surface area contributed by atoms with Gasteiger partial charge in [-0.05, 0) is 6.07 Å². The van der Waals surface area contributed by atoms with E-state index in [9.17, 15) is 4.79 Å². The van der Waals surface area contributed by atoms with Gasteiger partial charge in [0.1, 0.15) is 22.9 Å². The summed E-state index contributed by atoms with van der Waals surface area (Å²) in [5.74, 6) is -0.193. The van der Waals surface area contributed by atoms with E-state index in [0.717, 1.165) is 0 Å². The standard InChI is InChI=1S/C8H7ClN6O/c9-5-6(10)12-3-13-8(5)15-2-1-4(14-15)7(11)16/h1-3H,(H2,11,16)(H2,10,12,13). The van der Waals surface area contributed by atoms with Crippen molar-refractivity contribution in [3.05, 3.63) is 29.3 Å². The number of halogens is 1. The summed E-state index contributed by atoms with van der Waals surface area (Å²) in [7, 11) is 0. The molecule has 0 spiro atoms. The predicted molar refractivity (Wildman–Crippen MR) is 57.1 cm³/mol. The molecule has 0 saturated heterocycles. The number of hydrogen-bond acceptors (Lipinski definition) is 5. The number of anilines is 1. The minimum atomic E-state index is -0.628. The van der Waals surface area contributed by atoms with Crippen LogP contribution in [0.25, 0.3) is 5.82 Å². The van der Waals surface area contributed by atoms with E-state index in [0.29, 0.717) is 5.82 Å². The Hall–Kier alpha value is -2.15. The van der Waals surface area contributed by atoms with Crippen LogP contribution in [-0.2, 0) is 0 Å². The first kappa shape index (κ1) is 10.4. The average molecular weight is 239 g/mol. The number of primary amides is 1. The number of rotatable bonds is 2. The molecule has 2 aromatic rings. The van der Waals surface area contributed by atoms with Crippen LogP contribution >= 0.6 is 11.6 Å². The number of nitrogens with zero attached hydrogens (tertiary/aromatic N) is 4. The number of carbonyl (C=O) groups excluding carboxylic acids is 1. The molecule has 2 aromatic heterocycles. The van der Waals surface area contributed by atoms with Crippen LogP contribution in [-0.4, -0.2) is 25.7 Å². The molecule has 0 fully saturated rings. The molecular formula is C8H7ClN6O. The topological polar surface area (TPSA) is 113 Å². The fourth-order valence-electron chi connectivity index (χ4n) is 1.11. The molecule has 8 heteroatoms. The maximum Gasteiger partial charge on any atom is 0.269 e. The Bertz CT molecular complexity index is 551. The second-order valence-electron chi connectivity index (χ2n) is 2.91. The Balaban J connectivity index is 2.50. The zero-order valence-corrected chi connectivity index (χ0v) is 8.72. The highest BCUT2D eigenvalue weighted by Gasteiger charge is 2.11. The summed E-state index contributed by atoms with van der Waals surface area (Å²) in [6.45, 7) is 0. The van der Waals surface area contributed by atoms with Crippen molar-refractivity contribution < 1.29 is 4.79 Å². The number of aromatic nitrogens is 4. The van der Waals surface area contributed by atoms with Gasteiger partial charge in [0.25, 0.3) is 5.91 Å². The van der Waals surface area contributed by atoms with Crippen molar-refractivity contribution in [2.45, 2.75) is 0 Å². The van der Waals surface area contributed by atoms with E-state index >= 15 is 0 Å². The first-order chi connectivity index (χ1) is 7.59. The molecule has 2 heterocycles. The second kappa shape index (κ2) is 3.78. The van der Waals surface area contributed by atoms with Crippen LogP contribution < -0.4 is 11.5 Å². The van der Waals surface area contributed by atoms with Crippen molar-refractivity contribution in [2.24, 2.45) is 5.73 Å². The number of amides is 1. The van der Waals surface area contributed by atoms with Crippen LogP contribution in [0.3, 0.4) is 0 Å². The Morgan fingerprint density at radius 2 is 2.19 bits per heavy atom. The molecule has 1 amide bonds. The van der Waals surface area contributed by atoms with Gasteiger partial charge in [0, 0.05) is 6.20 Å². The number of nitrogen functional groups attached to an aromatic ring is 1. The average Bonchev–Trinajstić information content (AvgIpc) is 2.71. The van der Waals surface area contributed by atoms with Gasteiger partial charge in [0.15, 0.2) is 5.82 Å². The largest absolute Gasteiger partial charge is 0.382 e. The lowest BCUT2D eigenvalue weighted by Crippen LogP contribution is -2.12. The van der Waals surface area contributed by atoms with Gasteiger partial charge in [-0.1, -0.05) is 11.6 Å². The number of nitrogens with two attached hydrogens (primary N) is 2. The summed E-state index contributed by atoms with van der Waals surface area (Å²) < 4.78 is 1.31. The normalized spacial score (nSPS) is 10.3. The third kappa shape index (κ3) is 1.68. The van der Waals surface area contributed by atoms with Gasteiger partial charge < -0.3 is 11.5 Å². The van der Waals surface area contributed by atoms with E-state index in [2.05, 4.69) is 15.1 Å². The van der Waals surface area contributed by atoms with Gasteiger partial charge in [-0.25, -0.2) is 14.6 Å². The molecule has 7 nitrogen and oxygen atoms in total. The summed E-state index contributed by atoms with van der Waals surface area (Å²) in [5.41, 5.74) is 10.7. The highest BCUT2D eigenvalue weighted by molar-refractivity contribution is 6.34. The third-order valence-corrected chi connectivity index (χ3v) is 2.22. The highest BCUT2D eigenvalue weighted by atomic mass is 35.5. The van der Waals surface area contributed by atoms with Crippen LogP contribution in [0.4, 0.5) is 5.82 Å². The van der Waals surface area contributed by atoms with E-state index in [1.54, 1.807) is 0 Å². The molecule has 2 rings (SSSR count). The van der Waals surface area contributed by atoms with Crippen molar-refractivity contribution in [1.82, 2.24) is 19.7 Å². The van der Waals surface area contributed by atoms with Gasteiger partial charge in [-0.3, -0.25) is 4.79 Å². The maximum absolute atomic E-state index is 10.9. The van der Waals surface area contributed by atoms with Crippen LogP contribution in [0.5, 0.6) is 0 Å². The summed E-state index contributed by atoms with van der Waals surface area (Å²) >= 11 is 5.89. The zero-order chi connectivity index (χ0) is 11.7. The molecule has 0 saturated carbocycles. The van der Waals surface area contributed by atoms with Crippen LogP contribution in [0.1, 0.15) is 10.5 Å². The number of hydrogen-bond donors (Lipinski definition) is 2. The molecule has 0 aliphatic heterocycles. The van der Waals surface area contributed by atoms with Crippen LogP contribution in [0.2, 0.25) is 5.02 Å². The minimum Gasteiger partial charge on any atom is -0.382 e. The van der Waals surface area contributed by atoms with Crippen molar-refractivity contribution >= 4 is 23.3 Å². The Labute approximate surface area is 95.0 Å². The predicted octanol–water partition coefficient (Wildman–Crippen LogP) is -0.00320. The van der Waals surface area contributed by atoms with Gasteiger partial charge in [0.05, 0.1) is 0 Å². The smallest absolute Gasteiger partial charge is 0.269 e. The van der Waals surface area contributed by atoms with Crippen molar-refractivity contribution in [3.63, 3.8) is 0 Å². The molecule has 4 N–H and O–H groups in total. The molecule has 0 unspecified atom stereocenters. The van der Waals surface area contributed by atoms with Crippen molar-refractivity contribution in [1.29, 1.82) is 0 Å². The fourth-order valence-corrected chi connectivity index (χ4v) is 1.29. The molecule has 0 bridgehead atoms. The lowest BCUT2D eigenvalue weighted by molar-refractivity contribution is 0.0995. The van der Waals surface area contributed by atoms with E-state index in [1.807, 2.05) is 0 Å². The molecule has 0 aliphatic rings. The van der Waals surface area contributed by atoms with E-state index < -0.39 is 5.91 Å². The lowest BCUT2D eigenvalue weighted by Gasteiger charge is -2.03. The lowest BCUT2D eigenvalue weighted by atomic mass is 10.4. The van der Waals surface area contributed by atoms with Crippen molar-refractivity contribution in [2.75, 3.05) is 5.73 Å². The summed E-state index contributed by atoms with van der Waals surface area (Å²) in [5, 5.41) is 4.06. The quantitative estimate of drug-likeness (QED) is 0.764. The van der Waals surface area contributed by atoms with Crippen molar-refractivity contribution in [3.8, 4) is 5.82 Å². The monoisotopic (exact) mass is 238 g/mol. The Morgan fingerprint density at radius 1 is 1.44 bits per heavy atom. The minimum absolute atomic E-state index is 0.119. The third-order valence-electron chi connectivity index (χ3n) is 1.86. The SMILES string of the molecule is NC(=O)c1ccn(-c2ncnc(N)c2Cl)n1. The highest BCUT2D eigenvalue weighted by Crippen LogP contribution is 2.21. The molecule has 16 heavy (non-hydrogen) atoms. The summed E-state index contributed by atoms with van der Waals surface area (Å²) in [6, 6.07) is 1.46. The molecule has 82 valence electrons. The van der Waals surface area contributed by atoms with Gasteiger partial charge in [0.2, 0.25) is 0 Å². The van der Waals surface area contributed by atoms with Gasteiger partial charge in [-0.2, -0.15) is 5.10 Å². The van der Waals surface area contributed by atoms with Crippen LogP contribution in [0, 0.1) is 0 Å². The van der Waals surface area contributed by atoms with Crippen LogP contribution in [0.15, 0.2) is 18.6 Å². The summed E-state index contributed by atoms with van der Waals surface area (Å²) in [4.78, 5) is 18.5. The number of carbonyl (C=O) groups is 1. The van der Waals surface area contributed by atoms with Gasteiger partial charge in [-0.15, -0.1) is 0 Å². The Kier molecular flexibility index (Phi) is 2.45. The first-order valence-electron chi connectivity index (χ1n) is 4.21. The van der Waals surface area contributed by atoms with Gasteiger partial charge >= 0.3 is 0 Å². The zero-order valence-electron chi connectivity index (χ0n) is 7.96. The summed E-state index contributed by atoms with van der Waals surface area (Å²) in [6.07, 6.45) is 2.76.